The van der Waals surface area contributed by atoms with Gasteiger partial charge in [-0.2, -0.15) is 0 Å². The van der Waals surface area contributed by atoms with Crippen molar-refractivity contribution in [3.05, 3.63) is 76.0 Å². The van der Waals surface area contributed by atoms with Crippen LogP contribution in [0.2, 0.25) is 0 Å². The maximum absolute atomic E-state index is 13.0. The first-order chi connectivity index (χ1) is 16.3. The van der Waals surface area contributed by atoms with Crippen molar-refractivity contribution in [3.63, 3.8) is 0 Å². The van der Waals surface area contributed by atoms with Gasteiger partial charge in [-0.3, -0.25) is 9.59 Å². The molecule has 6 heteroatoms. The van der Waals surface area contributed by atoms with E-state index in [1.54, 1.807) is 0 Å². The molecule has 0 bridgehead atoms. The zero-order chi connectivity index (χ0) is 24.6. The molecule has 1 heterocycles. The second-order valence-electron chi connectivity index (χ2n) is 9.77. The average molecular weight is 468 g/mol. The molecule has 6 nitrogen and oxygen atoms in total. The van der Waals surface area contributed by atoms with E-state index in [4.69, 9.17) is 0 Å². The van der Waals surface area contributed by atoms with Gasteiger partial charge in [0.2, 0.25) is 0 Å². The SMILES string of the molecule is CCCc1ccc(CCC(CC(CCCC[N+]2([O-])Cc3ccccc3C2)C(=O)O)C(=O)O)cc1. The molecule has 3 rings (SSSR count). The number of carboxylic acid groups (broad SMARTS) is 2. The van der Waals surface area contributed by atoms with E-state index in [9.17, 15) is 25.0 Å². The molecular weight excluding hydrogens is 430 g/mol. The largest absolute Gasteiger partial charge is 0.632 e. The fourth-order valence-corrected chi connectivity index (χ4v) is 5.02. The summed E-state index contributed by atoms with van der Waals surface area (Å²) in [6.07, 6.45) is 4.93. The van der Waals surface area contributed by atoms with Crippen molar-refractivity contribution in [1.82, 2.24) is 0 Å². The number of hydrogen-bond acceptors (Lipinski definition) is 3. The zero-order valence-electron chi connectivity index (χ0n) is 20.1. The van der Waals surface area contributed by atoms with Crippen molar-refractivity contribution in [2.45, 2.75) is 71.4 Å². The van der Waals surface area contributed by atoms with E-state index >= 15 is 0 Å². The van der Waals surface area contributed by atoms with Crippen LogP contribution in [0, 0.1) is 17.0 Å². The second-order valence-corrected chi connectivity index (χ2v) is 9.77. The molecule has 1 aliphatic heterocycles. The minimum absolute atomic E-state index is 0.126. The summed E-state index contributed by atoms with van der Waals surface area (Å²) >= 11 is 0. The van der Waals surface area contributed by atoms with Crippen LogP contribution < -0.4 is 0 Å². The summed E-state index contributed by atoms with van der Waals surface area (Å²) in [5.41, 5.74) is 4.55. The van der Waals surface area contributed by atoms with Crippen LogP contribution in [0.1, 0.15) is 67.7 Å². The molecule has 2 aromatic carbocycles. The fraction of sp³-hybridized carbons (Fsp3) is 0.500. The normalized spacial score (nSPS) is 16.1. The van der Waals surface area contributed by atoms with Crippen molar-refractivity contribution in [1.29, 1.82) is 0 Å². The van der Waals surface area contributed by atoms with Crippen LogP contribution in [0.5, 0.6) is 0 Å². The molecule has 2 unspecified atom stereocenters. The quantitative estimate of drug-likeness (QED) is 0.215. The fourth-order valence-electron chi connectivity index (χ4n) is 5.02. The first-order valence-corrected chi connectivity index (χ1v) is 12.5. The summed E-state index contributed by atoms with van der Waals surface area (Å²) in [7, 11) is 0. The predicted molar refractivity (Wildman–Crippen MR) is 132 cm³/mol. The molecule has 0 saturated carbocycles. The molecule has 0 aliphatic carbocycles. The number of benzene rings is 2. The summed E-state index contributed by atoms with van der Waals surface area (Å²) in [5, 5.41) is 32.4. The molecule has 0 saturated heterocycles. The number of carbonyl (C=O) groups is 2. The van der Waals surface area contributed by atoms with E-state index in [1.165, 1.54) is 5.56 Å². The van der Waals surface area contributed by atoms with E-state index in [-0.39, 0.29) is 11.1 Å². The summed E-state index contributed by atoms with van der Waals surface area (Å²) in [4.78, 5) is 23.7. The molecule has 0 radical (unpaired) electrons. The van der Waals surface area contributed by atoms with Gasteiger partial charge in [-0.25, -0.2) is 0 Å². The van der Waals surface area contributed by atoms with E-state index in [1.807, 2.05) is 36.4 Å². The zero-order valence-corrected chi connectivity index (χ0v) is 20.1. The lowest BCUT2D eigenvalue weighted by atomic mass is 9.87. The monoisotopic (exact) mass is 467 g/mol. The van der Waals surface area contributed by atoms with Gasteiger partial charge in [0.25, 0.3) is 0 Å². The maximum Gasteiger partial charge on any atom is 0.306 e. The highest BCUT2D eigenvalue weighted by molar-refractivity contribution is 5.73. The van der Waals surface area contributed by atoms with Gasteiger partial charge in [0, 0.05) is 11.1 Å². The molecule has 184 valence electrons. The summed E-state index contributed by atoms with van der Waals surface area (Å²) in [6.45, 7) is 3.53. The van der Waals surface area contributed by atoms with E-state index in [0.29, 0.717) is 51.7 Å². The molecule has 0 amide bonds. The van der Waals surface area contributed by atoms with Gasteiger partial charge in [-0.15, -0.1) is 0 Å². The number of unbranched alkanes of at least 4 members (excludes halogenated alkanes) is 1. The van der Waals surface area contributed by atoms with Crippen LogP contribution in [0.15, 0.2) is 48.5 Å². The third-order valence-corrected chi connectivity index (χ3v) is 7.01. The highest BCUT2D eigenvalue weighted by Crippen LogP contribution is 2.30. The highest BCUT2D eigenvalue weighted by Gasteiger charge is 2.29. The maximum atomic E-state index is 13.0. The smallest absolute Gasteiger partial charge is 0.306 e. The number of aryl methyl sites for hydroxylation is 2. The van der Waals surface area contributed by atoms with Gasteiger partial charge in [-0.05, 0) is 56.1 Å². The number of hydrogen-bond donors (Lipinski definition) is 2. The number of hydroxylamine groups is 3. The average Bonchev–Trinajstić information content (AvgIpc) is 3.15. The van der Waals surface area contributed by atoms with E-state index in [2.05, 4.69) is 19.1 Å². The van der Waals surface area contributed by atoms with Gasteiger partial charge in [0.1, 0.15) is 13.1 Å². The molecule has 0 fully saturated rings. The van der Waals surface area contributed by atoms with Crippen LogP contribution in [-0.2, 0) is 35.5 Å². The number of carboxylic acids is 2. The molecule has 0 aromatic heterocycles. The Hall–Kier alpha value is -2.70. The van der Waals surface area contributed by atoms with Crippen molar-refractivity contribution >= 4 is 11.9 Å². The van der Waals surface area contributed by atoms with Crippen molar-refractivity contribution in [2.75, 3.05) is 6.54 Å². The Kier molecular flexibility index (Phi) is 9.25. The lowest BCUT2D eigenvalue weighted by molar-refractivity contribution is -0.900. The van der Waals surface area contributed by atoms with Crippen molar-refractivity contribution < 1.29 is 24.4 Å². The van der Waals surface area contributed by atoms with Gasteiger partial charge in [0.15, 0.2) is 0 Å². The van der Waals surface area contributed by atoms with Crippen LogP contribution in [0.25, 0.3) is 0 Å². The molecule has 2 aromatic rings. The Bertz CT molecular complexity index is 931. The standard InChI is InChI=1S/C28H37NO5/c1-2-7-21-11-13-22(14-12-21)15-16-24(28(32)33)18-23(27(30)31)8-5-6-17-29(34)19-25-9-3-4-10-26(25)20-29/h3-4,9-14,23-24H,2,5-8,15-20H2,1H3,(H,30,31)(H,32,33). The van der Waals surface area contributed by atoms with Gasteiger partial charge in [0.05, 0.1) is 18.4 Å². The predicted octanol–water partition coefficient (Wildman–Crippen LogP) is 5.56. The van der Waals surface area contributed by atoms with Gasteiger partial charge in [-0.1, -0.05) is 61.9 Å². The number of fused-ring (bicyclic) bond motifs is 1. The van der Waals surface area contributed by atoms with Crippen molar-refractivity contribution in [3.8, 4) is 0 Å². The Balaban J connectivity index is 1.46. The Labute approximate surface area is 202 Å². The lowest BCUT2D eigenvalue weighted by Gasteiger charge is -2.38. The van der Waals surface area contributed by atoms with Crippen LogP contribution in [0.3, 0.4) is 0 Å². The highest BCUT2D eigenvalue weighted by atomic mass is 16.5. The third-order valence-electron chi connectivity index (χ3n) is 7.01. The number of nitrogens with zero attached hydrogens (tertiary/aromatic N) is 1. The van der Waals surface area contributed by atoms with Crippen LogP contribution in [0.4, 0.5) is 0 Å². The molecule has 2 N–H and O–H groups in total. The number of quaternary nitrogens is 1. The van der Waals surface area contributed by atoms with Crippen LogP contribution >= 0.6 is 0 Å². The number of rotatable bonds is 14. The second kappa shape index (κ2) is 12.1. The van der Waals surface area contributed by atoms with Crippen LogP contribution in [-0.4, -0.2) is 33.3 Å². The van der Waals surface area contributed by atoms with E-state index in [0.717, 1.165) is 29.5 Å². The summed E-state index contributed by atoms with van der Waals surface area (Å²) in [6, 6.07) is 16.1. The van der Waals surface area contributed by atoms with E-state index < -0.39 is 23.8 Å². The first kappa shape index (κ1) is 25.9. The molecule has 0 spiro atoms. The van der Waals surface area contributed by atoms with Gasteiger partial charge >= 0.3 is 11.9 Å². The first-order valence-electron chi connectivity index (χ1n) is 12.5. The molecule has 2 atom stereocenters. The summed E-state index contributed by atoms with van der Waals surface area (Å²) < 4.78 is -0.286. The summed E-state index contributed by atoms with van der Waals surface area (Å²) in [5.74, 6) is -3.28. The van der Waals surface area contributed by atoms with Crippen molar-refractivity contribution in [2.24, 2.45) is 11.8 Å². The van der Waals surface area contributed by atoms with Gasteiger partial charge < -0.3 is 20.1 Å². The minimum atomic E-state index is -0.949. The Morgan fingerprint density at radius 2 is 1.38 bits per heavy atom. The molecule has 1 aliphatic rings. The molecule has 34 heavy (non-hydrogen) atoms. The molecular formula is C28H37NO5. The minimum Gasteiger partial charge on any atom is -0.632 e. The third kappa shape index (κ3) is 7.40. The Morgan fingerprint density at radius 1 is 0.853 bits per heavy atom. The Morgan fingerprint density at radius 3 is 1.91 bits per heavy atom. The lowest BCUT2D eigenvalue weighted by Crippen LogP contribution is -2.37. The number of aliphatic carboxylic acids is 2. The topological polar surface area (TPSA) is 97.7 Å².